The van der Waals surface area contributed by atoms with Crippen LogP contribution < -0.4 is 10.1 Å². The van der Waals surface area contributed by atoms with Crippen LogP contribution in [0.2, 0.25) is 0 Å². The molecular formula is C15H18BrNO4. The molecule has 114 valence electrons. The van der Waals surface area contributed by atoms with E-state index in [4.69, 9.17) is 4.74 Å². The first-order chi connectivity index (χ1) is 10.0. The fraction of sp³-hybridized carbons (Fsp3) is 0.467. The highest BCUT2D eigenvalue weighted by atomic mass is 79.9. The molecule has 1 saturated carbocycles. The highest BCUT2D eigenvalue weighted by molar-refractivity contribution is 9.10. The van der Waals surface area contributed by atoms with Crippen LogP contribution in [0, 0.1) is 5.92 Å². The van der Waals surface area contributed by atoms with Gasteiger partial charge < -0.3 is 15.2 Å². The van der Waals surface area contributed by atoms with Crippen molar-refractivity contribution in [1.29, 1.82) is 0 Å². The summed E-state index contributed by atoms with van der Waals surface area (Å²) in [6.07, 6.45) is 3.14. The topological polar surface area (TPSA) is 75.6 Å². The monoisotopic (exact) mass is 355 g/mol. The van der Waals surface area contributed by atoms with Gasteiger partial charge in [0.15, 0.2) is 0 Å². The van der Waals surface area contributed by atoms with Gasteiger partial charge in [-0.2, -0.15) is 0 Å². The standard InChI is InChI=1S/C15H18BrNO4/c1-21-13-8-9(16)6-7-11(13)14(18)17-12-5-3-2-4-10(12)15(19)20/h6-8,10,12H,2-5H2,1H3,(H,17,18)(H,19,20). The highest BCUT2D eigenvalue weighted by Gasteiger charge is 2.32. The van der Waals surface area contributed by atoms with Gasteiger partial charge in [-0.15, -0.1) is 0 Å². The average Bonchev–Trinajstić information content (AvgIpc) is 2.47. The Bertz CT molecular complexity index is 546. The lowest BCUT2D eigenvalue weighted by Gasteiger charge is -2.29. The summed E-state index contributed by atoms with van der Waals surface area (Å²) in [6, 6.07) is 4.81. The molecule has 0 aliphatic heterocycles. The lowest BCUT2D eigenvalue weighted by Crippen LogP contribution is -2.45. The fourth-order valence-electron chi connectivity index (χ4n) is 2.70. The number of nitrogens with one attached hydrogen (secondary N) is 1. The van der Waals surface area contributed by atoms with Crippen molar-refractivity contribution in [3.63, 3.8) is 0 Å². The van der Waals surface area contributed by atoms with E-state index in [0.717, 1.165) is 17.3 Å². The first-order valence-electron chi connectivity index (χ1n) is 6.90. The zero-order valence-corrected chi connectivity index (χ0v) is 13.4. The molecule has 1 fully saturated rings. The molecule has 2 unspecified atom stereocenters. The Balaban J connectivity index is 2.15. The van der Waals surface area contributed by atoms with Crippen molar-refractivity contribution in [3.8, 4) is 5.75 Å². The number of carbonyl (C=O) groups is 2. The highest BCUT2D eigenvalue weighted by Crippen LogP contribution is 2.27. The summed E-state index contributed by atoms with van der Waals surface area (Å²) in [6.45, 7) is 0. The number of amides is 1. The maximum atomic E-state index is 12.4. The molecule has 21 heavy (non-hydrogen) atoms. The number of halogens is 1. The van der Waals surface area contributed by atoms with Crippen LogP contribution in [-0.2, 0) is 4.79 Å². The maximum Gasteiger partial charge on any atom is 0.308 e. The van der Waals surface area contributed by atoms with Gasteiger partial charge in [-0.3, -0.25) is 9.59 Å². The number of methoxy groups -OCH3 is 1. The Morgan fingerprint density at radius 1 is 1.33 bits per heavy atom. The molecule has 0 heterocycles. The lowest BCUT2D eigenvalue weighted by molar-refractivity contribution is -0.143. The largest absolute Gasteiger partial charge is 0.496 e. The Kier molecular flexibility index (Phi) is 5.22. The molecule has 0 aromatic heterocycles. The van der Waals surface area contributed by atoms with Gasteiger partial charge in [0.2, 0.25) is 0 Å². The van der Waals surface area contributed by atoms with Gasteiger partial charge in [0.25, 0.3) is 5.91 Å². The summed E-state index contributed by atoms with van der Waals surface area (Å²) < 4.78 is 6.02. The molecule has 1 aromatic rings. The number of benzene rings is 1. The number of carbonyl (C=O) groups excluding carboxylic acids is 1. The van der Waals surface area contributed by atoms with Gasteiger partial charge in [0.1, 0.15) is 5.75 Å². The molecule has 0 spiro atoms. The van der Waals surface area contributed by atoms with E-state index in [1.807, 2.05) is 0 Å². The summed E-state index contributed by atoms with van der Waals surface area (Å²) in [4.78, 5) is 23.6. The molecule has 2 N–H and O–H groups in total. The molecule has 1 aromatic carbocycles. The Morgan fingerprint density at radius 3 is 2.71 bits per heavy atom. The number of carboxylic acid groups (broad SMARTS) is 1. The van der Waals surface area contributed by atoms with Crippen molar-refractivity contribution >= 4 is 27.8 Å². The van der Waals surface area contributed by atoms with Crippen LogP contribution in [0.4, 0.5) is 0 Å². The van der Waals surface area contributed by atoms with E-state index in [1.165, 1.54) is 7.11 Å². The summed E-state index contributed by atoms with van der Waals surface area (Å²) in [5.41, 5.74) is 0.412. The van der Waals surface area contributed by atoms with E-state index in [9.17, 15) is 14.7 Å². The summed E-state index contributed by atoms with van der Waals surface area (Å²) in [5.74, 6) is -1.19. The number of ether oxygens (including phenoxy) is 1. The summed E-state index contributed by atoms with van der Waals surface area (Å²) in [7, 11) is 1.50. The van der Waals surface area contributed by atoms with E-state index >= 15 is 0 Å². The lowest BCUT2D eigenvalue weighted by atomic mass is 9.84. The van der Waals surface area contributed by atoms with Gasteiger partial charge in [-0.25, -0.2) is 0 Å². The van der Waals surface area contributed by atoms with Crippen molar-refractivity contribution < 1.29 is 19.4 Å². The van der Waals surface area contributed by atoms with Crippen molar-refractivity contribution in [2.75, 3.05) is 7.11 Å². The van der Waals surface area contributed by atoms with Crippen molar-refractivity contribution in [2.45, 2.75) is 31.7 Å². The third kappa shape index (κ3) is 3.75. The minimum Gasteiger partial charge on any atom is -0.496 e. The van der Waals surface area contributed by atoms with Crippen LogP contribution in [0.25, 0.3) is 0 Å². The molecule has 2 atom stereocenters. The van der Waals surface area contributed by atoms with Crippen LogP contribution in [0.1, 0.15) is 36.0 Å². The van der Waals surface area contributed by atoms with E-state index in [0.29, 0.717) is 24.2 Å². The molecule has 0 bridgehead atoms. The maximum absolute atomic E-state index is 12.4. The third-order valence-corrected chi connectivity index (χ3v) is 4.30. The molecular weight excluding hydrogens is 338 g/mol. The number of carboxylic acids is 1. The Hall–Kier alpha value is -1.56. The minimum absolute atomic E-state index is 0.294. The molecule has 1 aliphatic carbocycles. The van der Waals surface area contributed by atoms with Crippen LogP contribution >= 0.6 is 15.9 Å². The normalized spacial score (nSPS) is 21.6. The second-order valence-electron chi connectivity index (χ2n) is 5.15. The predicted molar refractivity (Wildman–Crippen MR) is 81.5 cm³/mol. The number of aliphatic carboxylic acids is 1. The number of rotatable bonds is 4. The molecule has 1 aliphatic rings. The summed E-state index contributed by atoms with van der Waals surface area (Å²) >= 11 is 3.32. The Morgan fingerprint density at radius 2 is 2.05 bits per heavy atom. The van der Waals surface area contributed by atoms with E-state index in [2.05, 4.69) is 21.2 Å². The van der Waals surface area contributed by atoms with Gasteiger partial charge >= 0.3 is 5.97 Å². The molecule has 1 amide bonds. The average molecular weight is 356 g/mol. The van der Waals surface area contributed by atoms with Crippen molar-refractivity contribution in [2.24, 2.45) is 5.92 Å². The molecule has 0 radical (unpaired) electrons. The second kappa shape index (κ2) is 6.93. The van der Waals surface area contributed by atoms with Crippen molar-refractivity contribution in [1.82, 2.24) is 5.32 Å². The van der Waals surface area contributed by atoms with Gasteiger partial charge in [0, 0.05) is 10.5 Å². The summed E-state index contributed by atoms with van der Waals surface area (Å²) in [5, 5.41) is 12.1. The van der Waals surface area contributed by atoms with E-state index < -0.39 is 11.9 Å². The van der Waals surface area contributed by atoms with Gasteiger partial charge in [-0.1, -0.05) is 28.8 Å². The van der Waals surface area contributed by atoms with E-state index in [1.54, 1.807) is 18.2 Å². The smallest absolute Gasteiger partial charge is 0.308 e. The molecule has 5 nitrogen and oxygen atoms in total. The third-order valence-electron chi connectivity index (χ3n) is 3.81. The van der Waals surface area contributed by atoms with Crippen LogP contribution in [0.3, 0.4) is 0 Å². The zero-order chi connectivity index (χ0) is 15.4. The van der Waals surface area contributed by atoms with Crippen LogP contribution in [0.5, 0.6) is 5.75 Å². The molecule has 6 heteroatoms. The minimum atomic E-state index is -0.845. The first kappa shape index (κ1) is 15.8. The van der Waals surface area contributed by atoms with Crippen LogP contribution in [0.15, 0.2) is 22.7 Å². The fourth-order valence-corrected chi connectivity index (χ4v) is 3.04. The van der Waals surface area contributed by atoms with E-state index in [-0.39, 0.29) is 11.9 Å². The second-order valence-corrected chi connectivity index (χ2v) is 6.07. The number of hydrogen-bond acceptors (Lipinski definition) is 3. The molecule has 2 rings (SSSR count). The predicted octanol–water partition coefficient (Wildman–Crippen LogP) is 2.83. The number of hydrogen-bond donors (Lipinski definition) is 2. The molecule has 0 saturated heterocycles. The van der Waals surface area contributed by atoms with Gasteiger partial charge in [0.05, 0.1) is 18.6 Å². The zero-order valence-electron chi connectivity index (χ0n) is 11.8. The van der Waals surface area contributed by atoms with Crippen LogP contribution in [-0.4, -0.2) is 30.1 Å². The first-order valence-corrected chi connectivity index (χ1v) is 7.69. The SMILES string of the molecule is COc1cc(Br)ccc1C(=O)NC1CCCCC1C(=O)O. The Labute approximate surface area is 131 Å². The van der Waals surface area contributed by atoms with Crippen molar-refractivity contribution in [3.05, 3.63) is 28.2 Å². The quantitative estimate of drug-likeness (QED) is 0.870. The van der Waals surface area contributed by atoms with Gasteiger partial charge in [-0.05, 0) is 31.0 Å².